The lowest BCUT2D eigenvalue weighted by Crippen LogP contribution is -2.38. The van der Waals surface area contributed by atoms with Gasteiger partial charge in [0.05, 0.1) is 0 Å². The van der Waals surface area contributed by atoms with Crippen molar-refractivity contribution in [2.24, 2.45) is 4.99 Å². The predicted molar refractivity (Wildman–Crippen MR) is 130 cm³/mol. The monoisotopic (exact) mass is 525 g/mol. The number of benzene rings is 2. The van der Waals surface area contributed by atoms with E-state index in [1.54, 1.807) is 13.1 Å². The zero-order chi connectivity index (χ0) is 20.6. The Labute approximate surface area is 194 Å². The van der Waals surface area contributed by atoms with Crippen LogP contribution in [0.2, 0.25) is 0 Å². The number of aliphatic imine (C=N–C) groups is 1. The van der Waals surface area contributed by atoms with Gasteiger partial charge in [0.2, 0.25) is 0 Å². The fraction of sp³-hybridized carbons (Fsp3) is 0.364. The minimum Gasteiger partial charge on any atom is -0.352 e. The van der Waals surface area contributed by atoms with Gasteiger partial charge in [-0.05, 0) is 48.2 Å². The molecule has 162 valence electrons. The number of rotatable bonds is 5. The van der Waals surface area contributed by atoms with Gasteiger partial charge in [0.25, 0.3) is 0 Å². The van der Waals surface area contributed by atoms with Crippen molar-refractivity contribution in [2.45, 2.75) is 25.9 Å². The Morgan fingerprint density at radius 2 is 1.83 bits per heavy atom. The van der Waals surface area contributed by atoms with Crippen molar-refractivity contribution in [2.75, 3.05) is 32.5 Å². The summed E-state index contributed by atoms with van der Waals surface area (Å²) < 4.78 is 13.4. The minimum absolute atomic E-state index is 0. The second-order valence-corrected chi connectivity index (χ2v) is 7.21. The third-order valence-corrected chi connectivity index (χ3v) is 4.90. The van der Waals surface area contributed by atoms with Gasteiger partial charge in [-0.15, -0.1) is 24.0 Å². The van der Waals surface area contributed by atoms with E-state index < -0.39 is 0 Å². The molecule has 1 heterocycles. The summed E-state index contributed by atoms with van der Waals surface area (Å²) >= 11 is 0. The maximum Gasteiger partial charge on any atom is 0.321 e. The average molecular weight is 525 g/mol. The highest BCUT2D eigenvalue weighted by Gasteiger charge is 2.17. The predicted octanol–water partition coefficient (Wildman–Crippen LogP) is 4.28. The standard InChI is InChI=1S/C22H28FN5O.HI/c1-24-21(27(2)16-18-8-5-9-19(23)13-18)25-15-17-7-6-10-20(14-17)26-22(29)28-11-3-4-12-28;/h5-10,13-14H,3-4,11-12,15-16H2,1-2H3,(H,24,25)(H,26,29);1H. The number of guanidine groups is 1. The van der Waals surface area contributed by atoms with Crippen molar-refractivity contribution in [3.8, 4) is 0 Å². The molecule has 0 unspecified atom stereocenters. The quantitative estimate of drug-likeness (QED) is 0.348. The van der Waals surface area contributed by atoms with Crippen LogP contribution in [0.25, 0.3) is 0 Å². The number of halogens is 2. The zero-order valence-electron chi connectivity index (χ0n) is 17.4. The van der Waals surface area contributed by atoms with Crippen LogP contribution < -0.4 is 10.6 Å². The van der Waals surface area contributed by atoms with Crippen LogP contribution in [0, 0.1) is 5.82 Å². The number of nitrogens with one attached hydrogen (secondary N) is 2. The van der Waals surface area contributed by atoms with E-state index in [1.165, 1.54) is 12.1 Å². The molecule has 0 spiro atoms. The molecule has 3 rings (SSSR count). The number of anilines is 1. The van der Waals surface area contributed by atoms with E-state index >= 15 is 0 Å². The summed E-state index contributed by atoms with van der Waals surface area (Å²) in [5.74, 6) is 0.465. The Bertz CT molecular complexity index is 870. The molecule has 6 nitrogen and oxygen atoms in total. The lowest BCUT2D eigenvalue weighted by atomic mass is 10.2. The van der Waals surface area contributed by atoms with E-state index in [-0.39, 0.29) is 35.8 Å². The molecule has 0 aromatic heterocycles. The lowest BCUT2D eigenvalue weighted by molar-refractivity contribution is 0.222. The van der Waals surface area contributed by atoms with E-state index in [4.69, 9.17) is 0 Å². The van der Waals surface area contributed by atoms with Crippen LogP contribution in [-0.4, -0.2) is 49.0 Å². The van der Waals surface area contributed by atoms with Crippen LogP contribution >= 0.6 is 24.0 Å². The van der Waals surface area contributed by atoms with Crippen LogP contribution in [0.1, 0.15) is 24.0 Å². The molecule has 1 fully saturated rings. The van der Waals surface area contributed by atoms with Gasteiger partial charge in [0.15, 0.2) is 5.96 Å². The van der Waals surface area contributed by atoms with E-state index in [1.807, 2.05) is 47.2 Å². The minimum atomic E-state index is -0.244. The van der Waals surface area contributed by atoms with Gasteiger partial charge in [0.1, 0.15) is 5.82 Å². The smallest absolute Gasteiger partial charge is 0.321 e. The van der Waals surface area contributed by atoms with Gasteiger partial charge in [-0.2, -0.15) is 0 Å². The second kappa shape index (κ2) is 11.7. The highest BCUT2D eigenvalue weighted by molar-refractivity contribution is 14.0. The average Bonchev–Trinajstić information content (AvgIpc) is 3.24. The van der Waals surface area contributed by atoms with Crippen molar-refractivity contribution in [1.29, 1.82) is 0 Å². The fourth-order valence-electron chi connectivity index (χ4n) is 3.43. The van der Waals surface area contributed by atoms with E-state index in [9.17, 15) is 9.18 Å². The Balaban J connectivity index is 0.00000320. The second-order valence-electron chi connectivity index (χ2n) is 7.21. The molecule has 2 aromatic carbocycles. The summed E-state index contributed by atoms with van der Waals surface area (Å²) in [5.41, 5.74) is 2.69. The molecule has 30 heavy (non-hydrogen) atoms. The van der Waals surface area contributed by atoms with Gasteiger partial charge >= 0.3 is 6.03 Å². The summed E-state index contributed by atoms with van der Waals surface area (Å²) in [7, 11) is 3.63. The number of amides is 2. The van der Waals surface area contributed by atoms with Gasteiger partial charge in [-0.3, -0.25) is 4.99 Å². The maximum atomic E-state index is 13.4. The third-order valence-electron chi connectivity index (χ3n) is 4.90. The molecule has 1 aliphatic heterocycles. The summed E-state index contributed by atoms with van der Waals surface area (Å²) in [5, 5.41) is 6.28. The first kappa shape index (κ1) is 23.9. The number of carbonyl (C=O) groups excluding carboxylic acids is 1. The molecule has 0 radical (unpaired) electrons. The van der Waals surface area contributed by atoms with Crippen LogP contribution in [0.4, 0.5) is 14.9 Å². The number of likely N-dealkylation sites (tertiary alicyclic amines) is 1. The first-order chi connectivity index (χ1) is 14.0. The highest BCUT2D eigenvalue weighted by Crippen LogP contribution is 2.14. The maximum absolute atomic E-state index is 13.4. The summed E-state index contributed by atoms with van der Waals surface area (Å²) in [6, 6.07) is 14.3. The normalized spacial score (nSPS) is 13.6. The van der Waals surface area contributed by atoms with Gasteiger partial charge in [-0.25, -0.2) is 9.18 Å². The van der Waals surface area contributed by atoms with Crippen LogP contribution in [-0.2, 0) is 13.1 Å². The largest absolute Gasteiger partial charge is 0.352 e. The number of nitrogens with zero attached hydrogens (tertiary/aromatic N) is 3. The number of hydrogen-bond acceptors (Lipinski definition) is 2. The lowest BCUT2D eigenvalue weighted by Gasteiger charge is -2.22. The number of urea groups is 1. The van der Waals surface area contributed by atoms with E-state index in [0.29, 0.717) is 19.0 Å². The molecule has 0 bridgehead atoms. The van der Waals surface area contributed by atoms with Crippen molar-refractivity contribution in [3.05, 3.63) is 65.5 Å². The first-order valence-corrected chi connectivity index (χ1v) is 9.86. The summed E-state index contributed by atoms with van der Waals surface area (Å²) in [6.07, 6.45) is 2.14. The summed E-state index contributed by atoms with van der Waals surface area (Å²) in [6.45, 7) is 2.75. The molecule has 0 aliphatic carbocycles. The number of carbonyl (C=O) groups is 1. The SMILES string of the molecule is CN=C(NCc1cccc(NC(=O)N2CCCC2)c1)N(C)Cc1cccc(F)c1.I. The molecular weight excluding hydrogens is 496 g/mol. The molecule has 0 saturated carbocycles. The molecular formula is C22H29FIN5O. The Hall–Kier alpha value is -2.36. The molecule has 2 N–H and O–H groups in total. The Kier molecular flexibility index (Phi) is 9.35. The fourth-order valence-corrected chi connectivity index (χ4v) is 3.43. The topological polar surface area (TPSA) is 60.0 Å². The van der Waals surface area contributed by atoms with Crippen molar-refractivity contribution in [1.82, 2.24) is 15.1 Å². The molecule has 8 heteroatoms. The molecule has 1 aliphatic rings. The molecule has 2 amide bonds. The Morgan fingerprint density at radius 3 is 2.53 bits per heavy atom. The number of hydrogen-bond donors (Lipinski definition) is 2. The van der Waals surface area contributed by atoms with Crippen LogP contribution in [0.3, 0.4) is 0 Å². The Morgan fingerprint density at radius 1 is 1.13 bits per heavy atom. The van der Waals surface area contributed by atoms with E-state index in [2.05, 4.69) is 15.6 Å². The summed E-state index contributed by atoms with van der Waals surface area (Å²) in [4.78, 5) is 20.4. The van der Waals surface area contributed by atoms with E-state index in [0.717, 1.165) is 42.7 Å². The zero-order valence-corrected chi connectivity index (χ0v) is 19.7. The van der Waals surface area contributed by atoms with Crippen LogP contribution in [0.15, 0.2) is 53.5 Å². The third kappa shape index (κ3) is 6.86. The van der Waals surface area contributed by atoms with Crippen molar-refractivity contribution >= 4 is 41.7 Å². The van der Waals surface area contributed by atoms with Crippen LogP contribution in [0.5, 0.6) is 0 Å². The first-order valence-electron chi connectivity index (χ1n) is 9.86. The van der Waals surface area contributed by atoms with Gasteiger partial charge < -0.3 is 20.4 Å². The van der Waals surface area contributed by atoms with Gasteiger partial charge in [-0.1, -0.05) is 24.3 Å². The van der Waals surface area contributed by atoms with Crippen molar-refractivity contribution in [3.63, 3.8) is 0 Å². The van der Waals surface area contributed by atoms with Crippen molar-refractivity contribution < 1.29 is 9.18 Å². The van der Waals surface area contributed by atoms with Gasteiger partial charge in [0, 0.05) is 46.0 Å². The molecule has 1 saturated heterocycles. The molecule has 2 aromatic rings. The highest BCUT2D eigenvalue weighted by atomic mass is 127. The molecule has 0 atom stereocenters.